The van der Waals surface area contributed by atoms with E-state index in [-0.39, 0.29) is 11.2 Å². The van der Waals surface area contributed by atoms with Crippen molar-refractivity contribution in [2.45, 2.75) is 6.42 Å². The van der Waals surface area contributed by atoms with Gasteiger partial charge in [0.15, 0.2) is 0 Å². The fourth-order valence-corrected chi connectivity index (χ4v) is 2.01. The van der Waals surface area contributed by atoms with Gasteiger partial charge in [-0.05, 0) is 17.6 Å². The van der Waals surface area contributed by atoms with E-state index in [4.69, 9.17) is 0 Å². The minimum Gasteiger partial charge on any atom is -0.313 e. The van der Waals surface area contributed by atoms with E-state index in [0.717, 1.165) is 5.56 Å². The van der Waals surface area contributed by atoms with Gasteiger partial charge in [0.1, 0.15) is 5.69 Å². The van der Waals surface area contributed by atoms with Crippen LogP contribution in [0, 0.1) is 22.0 Å². The van der Waals surface area contributed by atoms with Crippen molar-refractivity contribution in [3.63, 3.8) is 0 Å². The predicted molar refractivity (Wildman–Crippen MR) is 83.8 cm³/mol. The lowest BCUT2D eigenvalue weighted by molar-refractivity contribution is -0.384. The van der Waals surface area contributed by atoms with E-state index in [1.54, 1.807) is 18.2 Å². The van der Waals surface area contributed by atoms with Crippen LogP contribution in [0.3, 0.4) is 0 Å². The van der Waals surface area contributed by atoms with Gasteiger partial charge >= 0.3 is 0 Å². The molecule has 0 spiro atoms. The lowest BCUT2D eigenvalue weighted by atomic mass is 10.1. The maximum Gasteiger partial charge on any atom is 0.269 e. The Labute approximate surface area is 130 Å². The van der Waals surface area contributed by atoms with Crippen LogP contribution in [0.15, 0.2) is 47.7 Å². The highest BCUT2D eigenvalue weighted by atomic mass is 16.6. The molecule has 0 fully saturated rings. The number of benzene rings is 1. The number of aromatic amines is 1. The first kappa shape index (κ1) is 14.4. The molecule has 0 aliphatic carbocycles. The Morgan fingerprint density at radius 2 is 2.00 bits per heavy atom. The summed E-state index contributed by atoms with van der Waals surface area (Å²) in [7, 11) is 0. The van der Waals surface area contributed by atoms with Gasteiger partial charge in [0, 0.05) is 18.6 Å². The van der Waals surface area contributed by atoms with E-state index in [1.165, 1.54) is 24.7 Å². The van der Waals surface area contributed by atoms with Gasteiger partial charge in [0.25, 0.3) is 11.2 Å². The van der Waals surface area contributed by atoms with Crippen LogP contribution < -0.4 is 5.56 Å². The highest BCUT2D eigenvalue weighted by molar-refractivity contribution is 5.77. The summed E-state index contributed by atoms with van der Waals surface area (Å²) in [5.74, 6) is 5.81. The van der Waals surface area contributed by atoms with E-state index in [9.17, 15) is 14.9 Å². The predicted octanol–water partition coefficient (Wildman–Crippen LogP) is 1.82. The van der Waals surface area contributed by atoms with Gasteiger partial charge in [-0.3, -0.25) is 14.9 Å². The minimum absolute atomic E-state index is 0.0460. The maximum absolute atomic E-state index is 11.7. The van der Waals surface area contributed by atoms with Gasteiger partial charge in [0.05, 0.1) is 28.4 Å². The maximum atomic E-state index is 11.7. The molecule has 3 rings (SSSR count). The number of non-ortho nitro benzene ring substituents is 1. The van der Waals surface area contributed by atoms with Crippen LogP contribution in [0.2, 0.25) is 0 Å². The molecule has 112 valence electrons. The SMILES string of the molecule is O=c1[nH]cnc2cnc(C#CCc3ccc([N+](=O)[O-])cc3)cc12. The molecule has 23 heavy (non-hydrogen) atoms. The molecule has 0 saturated carbocycles. The average molecular weight is 306 g/mol. The average Bonchev–Trinajstić information content (AvgIpc) is 2.56. The molecule has 0 atom stereocenters. The smallest absolute Gasteiger partial charge is 0.269 e. The number of nitro benzene ring substituents is 1. The molecule has 2 heterocycles. The molecule has 1 N–H and O–H groups in total. The van der Waals surface area contributed by atoms with Crippen LogP contribution in [0.5, 0.6) is 0 Å². The standard InChI is InChI=1S/C16H10N4O3/c21-16-14-8-12(17-9-15(14)18-10-19-16)3-1-2-11-4-6-13(7-5-11)20(22)23/h4-10H,2H2,(H,18,19,21). The molecule has 7 nitrogen and oxygen atoms in total. The Hall–Kier alpha value is -3.53. The number of nitrogens with zero attached hydrogens (tertiary/aromatic N) is 3. The largest absolute Gasteiger partial charge is 0.313 e. The number of rotatable bonds is 2. The van der Waals surface area contributed by atoms with E-state index in [2.05, 4.69) is 26.8 Å². The Morgan fingerprint density at radius 1 is 1.22 bits per heavy atom. The third-order valence-electron chi connectivity index (χ3n) is 3.18. The second-order valence-electron chi connectivity index (χ2n) is 4.72. The van der Waals surface area contributed by atoms with Crippen molar-refractivity contribution in [1.82, 2.24) is 15.0 Å². The monoisotopic (exact) mass is 306 g/mol. The summed E-state index contributed by atoms with van der Waals surface area (Å²) in [5, 5.41) is 11.0. The van der Waals surface area contributed by atoms with Crippen molar-refractivity contribution in [3.05, 3.63) is 74.6 Å². The molecule has 0 unspecified atom stereocenters. The third-order valence-corrected chi connectivity index (χ3v) is 3.18. The van der Waals surface area contributed by atoms with Gasteiger partial charge in [-0.2, -0.15) is 0 Å². The molecule has 3 aromatic rings. The van der Waals surface area contributed by atoms with Crippen LogP contribution in [0.4, 0.5) is 5.69 Å². The second kappa shape index (κ2) is 6.07. The summed E-state index contributed by atoms with van der Waals surface area (Å²) < 4.78 is 0. The summed E-state index contributed by atoms with van der Waals surface area (Å²) in [6, 6.07) is 7.79. The molecule has 7 heteroatoms. The Bertz CT molecular complexity index is 997. The molecule has 2 aromatic heterocycles. The van der Waals surface area contributed by atoms with Gasteiger partial charge in [-0.15, -0.1) is 0 Å². The van der Waals surface area contributed by atoms with E-state index in [0.29, 0.717) is 23.0 Å². The molecule has 0 aliphatic heterocycles. The molecule has 0 amide bonds. The summed E-state index contributed by atoms with van der Waals surface area (Å²) >= 11 is 0. The summed E-state index contributed by atoms with van der Waals surface area (Å²) in [6.07, 6.45) is 3.26. The van der Waals surface area contributed by atoms with Crippen LogP contribution in [-0.4, -0.2) is 19.9 Å². The van der Waals surface area contributed by atoms with E-state index in [1.807, 2.05) is 0 Å². The Balaban J connectivity index is 1.80. The Kier molecular flexibility index (Phi) is 3.80. The number of H-pyrrole nitrogens is 1. The van der Waals surface area contributed by atoms with Crippen molar-refractivity contribution >= 4 is 16.6 Å². The molecule has 0 radical (unpaired) electrons. The number of fused-ring (bicyclic) bond motifs is 1. The molecule has 0 aliphatic rings. The van der Waals surface area contributed by atoms with Crippen molar-refractivity contribution < 1.29 is 4.92 Å². The lowest BCUT2D eigenvalue weighted by Crippen LogP contribution is -2.06. The van der Waals surface area contributed by atoms with Crippen molar-refractivity contribution in [2.24, 2.45) is 0 Å². The van der Waals surface area contributed by atoms with E-state index >= 15 is 0 Å². The minimum atomic E-state index is -0.444. The zero-order chi connectivity index (χ0) is 16.2. The van der Waals surface area contributed by atoms with E-state index < -0.39 is 4.92 Å². The van der Waals surface area contributed by atoms with Gasteiger partial charge in [-0.1, -0.05) is 18.1 Å². The first-order valence-corrected chi connectivity index (χ1v) is 6.69. The summed E-state index contributed by atoms with van der Waals surface area (Å²) in [6.45, 7) is 0. The van der Waals surface area contributed by atoms with Gasteiger partial charge < -0.3 is 4.98 Å². The highest BCUT2D eigenvalue weighted by Crippen LogP contribution is 2.12. The fourth-order valence-electron chi connectivity index (χ4n) is 2.01. The number of aromatic nitrogens is 3. The molecule has 1 aromatic carbocycles. The van der Waals surface area contributed by atoms with Crippen molar-refractivity contribution in [3.8, 4) is 11.8 Å². The number of hydrogen-bond donors (Lipinski definition) is 1. The van der Waals surface area contributed by atoms with Crippen LogP contribution in [0.1, 0.15) is 11.3 Å². The molecular formula is C16H10N4O3. The third kappa shape index (κ3) is 3.22. The van der Waals surface area contributed by atoms with Crippen molar-refractivity contribution in [2.75, 3.05) is 0 Å². The molecule has 0 saturated heterocycles. The number of hydrogen-bond acceptors (Lipinski definition) is 5. The molecular weight excluding hydrogens is 296 g/mol. The second-order valence-corrected chi connectivity index (χ2v) is 4.72. The highest BCUT2D eigenvalue weighted by Gasteiger charge is 2.03. The number of nitrogens with one attached hydrogen (secondary N) is 1. The number of nitro groups is 1. The first-order chi connectivity index (χ1) is 11.1. The zero-order valence-corrected chi connectivity index (χ0v) is 11.8. The fraction of sp³-hybridized carbons (Fsp3) is 0.0625. The summed E-state index contributed by atoms with van der Waals surface area (Å²) in [4.78, 5) is 32.5. The van der Waals surface area contributed by atoms with Crippen molar-refractivity contribution in [1.29, 1.82) is 0 Å². The summed E-state index contributed by atoms with van der Waals surface area (Å²) in [5.41, 5.74) is 1.65. The van der Waals surface area contributed by atoms with Gasteiger partial charge in [0.2, 0.25) is 0 Å². The van der Waals surface area contributed by atoms with Crippen LogP contribution in [-0.2, 0) is 6.42 Å². The topological polar surface area (TPSA) is 102 Å². The first-order valence-electron chi connectivity index (χ1n) is 6.69. The zero-order valence-electron chi connectivity index (χ0n) is 11.8. The quantitative estimate of drug-likeness (QED) is 0.442. The van der Waals surface area contributed by atoms with Crippen LogP contribution >= 0.6 is 0 Å². The number of pyridine rings is 1. The normalized spacial score (nSPS) is 10.1. The lowest BCUT2D eigenvalue weighted by Gasteiger charge is -1.96. The van der Waals surface area contributed by atoms with Crippen LogP contribution in [0.25, 0.3) is 10.9 Å². The van der Waals surface area contributed by atoms with Gasteiger partial charge in [-0.25, -0.2) is 9.97 Å². The molecule has 0 bridgehead atoms. The Morgan fingerprint density at radius 3 is 2.74 bits per heavy atom.